The number of hydrogen-bond acceptors (Lipinski definition) is 5. The largest absolute Gasteiger partial charge is 0.459 e. The summed E-state index contributed by atoms with van der Waals surface area (Å²) in [6.07, 6.45) is 4.04. The van der Waals surface area contributed by atoms with Gasteiger partial charge in [0.25, 0.3) is 0 Å². The molecule has 0 radical (unpaired) electrons. The summed E-state index contributed by atoms with van der Waals surface area (Å²) in [7, 11) is 0. The van der Waals surface area contributed by atoms with Crippen LogP contribution in [0, 0.1) is 17.3 Å². The maximum Gasteiger partial charge on any atom is 0.328 e. The van der Waals surface area contributed by atoms with Gasteiger partial charge in [0.2, 0.25) is 0 Å². The Bertz CT molecular complexity index is 490. The zero-order chi connectivity index (χ0) is 18.1. The minimum atomic E-state index is -1.46. The number of nitrogens with two attached hydrogens (primary N) is 1. The fourth-order valence-electron chi connectivity index (χ4n) is 3.01. The summed E-state index contributed by atoms with van der Waals surface area (Å²) in [6, 6.07) is 0. The van der Waals surface area contributed by atoms with Crippen LogP contribution in [0.25, 0.3) is 0 Å². The van der Waals surface area contributed by atoms with Crippen LogP contribution in [0.1, 0.15) is 61.3 Å². The average Bonchev–Trinajstić information content (AvgIpc) is 2.77. The number of ether oxygens (including phenoxy) is 2. The molecule has 0 aromatic heterocycles. The second kappa shape index (κ2) is 6.63. The lowest BCUT2D eigenvalue weighted by atomic mass is 9.61. The van der Waals surface area contributed by atoms with Crippen LogP contribution in [0.4, 0.5) is 0 Å². The van der Waals surface area contributed by atoms with Gasteiger partial charge in [-0.25, -0.2) is 4.79 Å². The van der Waals surface area contributed by atoms with E-state index in [4.69, 9.17) is 15.2 Å². The molecule has 5 heteroatoms. The van der Waals surface area contributed by atoms with Crippen LogP contribution < -0.4 is 5.73 Å². The van der Waals surface area contributed by atoms with E-state index < -0.39 is 28.5 Å². The summed E-state index contributed by atoms with van der Waals surface area (Å²) >= 11 is 0. The molecule has 2 atom stereocenters. The van der Waals surface area contributed by atoms with Gasteiger partial charge in [0.15, 0.2) is 0 Å². The van der Waals surface area contributed by atoms with Gasteiger partial charge >= 0.3 is 11.9 Å². The van der Waals surface area contributed by atoms with Crippen molar-refractivity contribution in [3.8, 4) is 0 Å². The molecule has 0 aromatic rings. The maximum absolute atomic E-state index is 12.9. The Morgan fingerprint density at radius 2 is 1.87 bits per heavy atom. The van der Waals surface area contributed by atoms with Crippen molar-refractivity contribution in [2.45, 2.75) is 72.4 Å². The molecule has 5 nitrogen and oxygen atoms in total. The number of rotatable bonds is 6. The van der Waals surface area contributed by atoms with E-state index in [1.54, 1.807) is 26.8 Å². The first-order valence-corrected chi connectivity index (χ1v) is 8.28. The SMILES string of the molecule is CC(C)CCC(N)(C(=O)OC(C)(C)C)C1(C(C)C)C=COC1=O. The molecule has 0 fully saturated rings. The number of cyclic esters (lactones) is 1. The van der Waals surface area contributed by atoms with Crippen molar-refractivity contribution in [3.63, 3.8) is 0 Å². The third kappa shape index (κ3) is 3.77. The van der Waals surface area contributed by atoms with E-state index in [1.165, 1.54) is 6.26 Å². The number of carbonyl (C=O) groups excluding carboxylic acids is 2. The van der Waals surface area contributed by atoms with Crippen LogP contribution >= 0.6 is 0 Å². The fourth-order valence-corrected chi connectivity index (χ4v) is 3.01. The molecule has 0 aliphatic carbocycles. The lowest BCUT2D eigenvalue weighted by molar-refractivity contribution is -0.174. The zero-order valence-corrected chi connectivity index (χ0v) is 15.4. The van der Waals surface area contributed by atoms with Gasteiger partial charge in [-0.15, -0.1) is 0 Å². The van der Waals surface area contributed by atoms with E-state index in [0.717, 1.165) is 0 Å². The highest BCUT2D eigenvalue weighted by Gasteiger charge is 2.62. The molecule has 1 rings (SSSR count). The zero-order valence-electron chi connectivity index (χ0n) is 15.4. The van der Waals surface area contributed by atoms with Crippen molar-refractivity contribution < 1.29 is 19.1 Å². The normalized spacial score (nSPS) is 24.0. The summed E-state index contributed by atoms with van der Waals surface area (Å²) in [4.78, 5) is 25.5. The molecule has 1 aliphatic rings. The Labute approximate surface area is 139 Å². The van der Waals surface area contributed by atoms with Crippen LogP contribution in [0.2, 0.25) is 0 Å². The molecule has 2 unspecified atom stereocenters. The average molecular weight is 325 g/mol. The van der Waals surface area contributed by atoms with Gasteiger partial charge in [0, 0.05) is 0 Å². The topological polar surface area (TPSA) is 78.6 Å². The molecule has 1 heterocycles. The molecule has 0 saturated carbocycles. The van der Waals surface area contributed by atoms with Gasteiger partial charge in [-0.05, 0) is 51.5 Å². The Balaban J connectivity index is 3.35. The molecular formula is C18H31NO4. The Hall–Kier alpha value is -1.36. The van der Waals surface area contributed by atoms with E-state index >= 15 is 0 Å². The predicted octanol–water partition coefficient (Wildman–Crippen LogP) is 3.17. The maximum atomic E-state index is 12.9. The molecule has 0 bridgehead atoms. The van der Waals surface area contributed by atoms with Crippen molar-refractivity contribution in [3.05, 3.63) is 12.3 Å². The van der Waals surface area contributed by atoms with Gasteiger partial charge in [-0.3, -0.25) is 4.79 Å². The lowest BCUT2D eigenvalue weighted by Crippen LogP contribution is -2.66. The van der Waals surface area contributed by atoms with E-state index in [1.807, 2.05) is 13.8 Å². The summed E-state index contributed by atoms with van der Waals surface area (Å²) in [5.74, 6) is -0.878. The van der Waals surface area contributed by atoms with Gasteiger partial charge in [0.1, 0.15) is 16.6 Å². The standard InChI is InChI=1S/C18H31NO4/c1-12(2)8-9-18(19,15(21)23-16(5,6)7)17(13(3)4)10-11-22-14(17)20/h10-13H,8-9,19H2,1-7H3. The molecule has 0 spiro atoms. The van der Waals surface area contributed by atoms with Crippen molar-refractivity contribution in [1.82, 2.24) is 0 Å². The van der Waals surface area contributed by atoms with Crippen LogP contribution in [0.3, 0.4) is 0 Å². The van der Waals surface area contributed by atoms with Gasteiger partial charge in [0.05, 0.1) is 6.26 Å². The van der Waals surface area contributed by atoms with Crippen molar-refractivity contribution in [2.75, 3.05) is 0 Å². The third-order valence-electron chi connectivity index (χ3n) is 4.37. The molecule has 132 valence electrons. The van der Waals surface area contributed by atoms with E-state index in [9.17, 15) is 9.59 Å². The van der Waals surface area contributed by atoms with E-state index in [2.05, 4.69) is 13.8 Å². The highest BCUT2D eigenvalue weighted by molar-refractivity contribution is 5.94. The van der Waals surface area contributed by atoms with Crippen LogP contribution in [-0.4, -0.2) is 23.1 Å². The first-order chi connectivity index (χ1) is 10.4. The van der Waals surface area contributed by atoms with Crippen LogP contribution in [0.15, 0.2) is 12.3 Å². The Morgan fingerprint density at radius 1 is 1.30 bits per heavy atom. The first kappa shape index (κ1) is 19.7. The van der Waals surface area contributed by atoms with Gasteiger partial charge in [-0.1, -0.05) is 27.7 Å². The number of esters is 2. The number of carbonyl (C=O) groups is 2. The molecule has 0 saturated heterocycles. The summed E-state index contributed by atoms with van der Waals surface area (Å²) in [5.41, 5.74) is 3.27. The second-order valence-corrected chi connectivity index (χ2v) is 8.14. The van der Waals surface area contributed by atoms with Crippen molar-refractivity contribution in [1.29, 1.82) is 0 Å². The van der Waals surface area contributed by atoms with Gasteiger partial charge in [-0.2, -0.15) is 0 Å². The van der Waals surface area contributed by atoms with E-state index in [0.29, 0.717) is 18.8 Å². The first-order valence-electron chi connectivity index (χ1n) is 8.28. The minimum Gasteiger partial charge on any atom is -0.459 e. The molecule has 0 aromatic carbocycles. The lowest BCUT2D eigenvalue weighted by Gasteiger charge is -2.44. The Morgan fingerprint density at radius 3 is 2.22 bits per heavy atom. The van der Waals surface area contributed by atoms with Crippen molar-refractivity contribution in [2.24, 2.45) is 23.0 Å². The third-order valence-corrected chi connectivity index (χ3v) is 4.37. The predicted molar refractivity (Wildman–Crippen MR) is 89.3 cm³/mol. The second-order valence-electron chi connectivity index (χ2n) is 8.14. The molecule has 0 amide bonds. The van der Waals surface area contributed by atoms with Crippen LogP contribution in [0.5, 0.6) is 0 Å². The van der Waals surface area contributed by atoms with E-state index in [-0.39, 0.29) is 5.92 Å². The molecule has 23 heavy (non-hydrogen) atoms. The van der Waals surface area contributed by atoms with Gasteiger partial charge < -0.3 is 15.2 Å². The van der Waals surface area contributed by atoms with Crippen LogP contribution in [-0.2, 0) is 19.1 Å². The molecule has 2 N–H and O–H groups in total. The highest BCUT2D eigenvalue weighted by atomic mass is 16.6. The summed E-state index contributed by atoms with van der Waals surface area (Å²) in [5, 5.41) is 0. The fraction of sp³-hybridized carbons (Fsp3) is 0.778. The highest BCUT2D eigenvalue weighted by Crippen LogP contribution is 2.47. The summed E-state index contributed by atoms with van der Waals surface area (Å²) < 4.78 is 10.6. The molecule has 1 aliphatic heterocycles. The minimum absolute atomic E-state index is 0.196. The Kier molecular flexibility index (Phi) is 5.68. The van der Waals surface area contributed by atoms with Crippen molar-refractivity contribution >= 4 is 11.9 Å². The number of hydrogen-bond donors (Lipinski definition) is 1. The quantitative estimate of drug-likeness (QED) is 0.759. The monoisotopic (exact) mass is 325 g/mol. The molecular weight excluding hydrogens is 294 g/mol. The smallest absolute Gasteiger partial charge is 0.328 e. The summed E-state index contributed by atoms with van der Waals surface area (Å²) in [6.45, 7) is 13.2.